The average Bonchev–Trinajstić information content (AvgIpc) is 2.65. The standard InChI is InChI=1S/C12H17NS/c1-4-7-11(13-6-3)12-9-8-10(5-2)14-12/h1,8-9,11,13H,5-7H2,2-3H3. The van der Waals surface area contributed by atoms with Gasteiger partial charge in [0.15, 0.2) is 0 Å². The molecule has 76 valence electrons. The first-order valence-electron chi connectivity index (χ1n) is 5.07. The van der Waals surface area contributed by atoms with Crippen LogP contribution in [0.5, 0.6) is 0 Å². The molecule has 0 radical (unpaired) electrons. The van der Waals surface area contributed by atoms with Crippen LogP contribution in [0.2, 0.25) is 0 Å². The van der Waals surface area contributed by atoms with Gasteiger partial charge in [0.1, 0.15) is 0 Å². The van der Waals surface area contributed by atoms with E-state index in [9.17, 15) is 0 Å². The average molecular weight is 207 g/mol. The maximum absolute atomic E-state index is 5.35. The van der Waals surface area contributed by atoms with E-state index in [-0.39, 0.29) is 0 Å². The monoisotopic (exact) mass is 207 g/mol. The Morgan fingerprint density at radius 2 is 2.29 bits per heavy atom. The van der Waals surface area contributed by atoms with Crippen LogP contribution >= 0.6 is 11.3 Å². The second kappa shape index (κ2) is 5.85. The summed E-state index contributed by atoms with van der Waals surface area (Å²) >= 11 is 1.86. The zero-order chi connectivity index (χ0) is 10.4. The van der Waals surface area contributed by atoms with Crippen molar-refractivity contribution in [3.8, 4) is 12.3 Å². The lowest BCUT2D eigenvalue weighted by molar-refractivity contribution is 0.574. The summed E-state index contributed by atoms with van der Waals surface area (Å²) in [5, 5.41) is 3.41. The minimum atomic E-state index is 0.343. The van der Waals surface area contributed by atoms with Crippen molar-refractivity contribution in [1.82, 2.24) is 5.32 Å². The first-order chi connectivity index (χ1) is 6.81. The van der Waals surface area contributed by atoms with Crippen LogP contribution in [-0.2, 0) is 6.42 Å². The van der Waals surface area contributed by atoms with Crippen LogP contribution in [-0.4, -0.2) is 6.54 Å². The van der Waals surface area contributed by atoms with Gasteiger partial charge in [0.25, 0.3) is 0 Å². The molecule has 2 heteroatoms. The van der Waals surface area contributed by atoms with Crippen molar-refractivity contribution in [3.05, 3.63) is 21.9 Å². The summed E-state index contributed by atoms with van der Waals surface area (Å²) in [7, 11) is 0. The molecule has 1 nitrogen and oxygen atoms in total. The molecule has 0 bridgehead atoms. The third-order valence-electron chi connectivity index (χ3n) is 2.15. The first-order valence-corrected chi connectivity index (χ1v) is 5.88. The molecule has 1 heterocycles. The number of rotatable bonds is 5. The summed E-state index contributed by atoms with van der Waals surface area (Å²) in [5.41, 5.74) is 0. The minimum Gasteiger partial charge on any atom is -0.309 e. The summed E-state index contributed by atoms with van der Waals surface area (Å²) in [6.07, 6.45) is 7.24. The van der Waals surface area contributed by atoms with Crippen molar-refractivity contribution in [2.75, 3.05) is 6.54 Å². The molecule has 0 saturated heterocycles. The quantitative estimate of drug-likeness (QED) is 0.732. The number of hydrogen-bond donors (Lipinski definition) is 1. The highest BCUT2D eigenvalue weighted by Crippen LogP contribution is 2.25. The van der Waals surface area contributed by atoms with Crippen LogP contribution in [0.3, 0.4) is 0 Å². The molecule has 1 rings (SSSR count). The number of terminal acetylenes is 1. The van der Waals surface area contributed by atoms with Gasteiger partial charge in [-0.15, -0.1) is 23.7 Å². The topological polar surface area (TPSA) is 12.0 Å². The van der Waals surface area contributed by atoms with Crippen LogP contribution in [0.15, 0.2) is 12.1 Å². The molecular weight excluding hydrogens is 190 g/mol. The highest BCUT2D eigenvalue weighted by Gasteiger charge is 2.10. The zero-order valence-electron chi connectivity index (χ0n) is 8.84. The Balaban J connectivity index is 2.72. The lowest BCUT2D eigenvalue weighted by Gasteiger charge is -2.12. The Labute approximate surface area is 90.5 Å². The van der Waals surface area contributed by atoms with E-state index in [4.69, 9.17) is 6.42 Å². The van der Waals surface area contributed by atoms with Crippen molar-refractivity contribution in [3.63, 3.8) is 0 Å². The van der Waals surface area contributed by atoms with Crippen molar-refractivity contribution >= 4 is 11.3 Å². The molecule has 0 aliphatic heterocycles. The summed E-state index contributed by atoms with van der Waals surface area (Å²) in [4.78, 5) is 2.79. The molecule has 1 aromatic rings. The Bertz CT molecular complexity index is 308. The third kappa shape index (κ3) is 2.87. The molecule has 0 aliphatic rings. The van der Waals surface area contributed by atoms with E-state index in [0.29, 0.717) is 6.04 Å². The molecule has 1 aromatic heterocycles. The SMILES string of the molecule is C#CCC(NCC)c1ccc(CC)s1. The van der Waals surface area contributed by atoms with Crippen LogP contribution in [0.4, 0.5) is 0 Å². The predicted octanol–water partition coefficient (Wildman–Crippen LogP) is 2.98. The minimum absolute atomic E-state index is 0.343. The summed E-state index contributed by atoms with van der Waals surface area (Å²) in [5.74, 6) is 2.72. The maximum Gasteiger partial charge on any atom is 0.0525 e. The van der Waals surface area contributed by atoms with Crippen LogP contribution in [0.25, 0.3) is 0 Å². The van der Waals surface area contributed by atoms with Gasteiger partial charge in [0.05, 0.1) is 6.04 Å². The smallest absolute Gasteiger partial charge is 0.0525 e. The molecule has 0 aromatic carbocycles. The Morgan fingerprint density at radius 1 is 1.50 bits per heavy atom. The summed E-state index contributed by atoms with van der Waals surface area (Å²) < 4.78 is 0. The van der Waals surface area contributed by atoms with Crippen LogP contribution in [0.1, 0.15) is 36.1 Å². The van der Waals surface area contributed by atoms with Crippen molar-refractivity contribution < 1.29 is 0 Å². The van der Waals surface area contributed by atoms with Gasteiger partial charge >= 0.3 is 0 Å². The fraction of sp³-hybridized carbons (Fsp3) is 0.500. The largest absolute Gasteiger partial charge is 0.309 e. The molecule has 0 amide bonds. The van der Waals surface area contributed by atoms with Gasteiger partial charge in [-0.2, -0.15) is 0 Å². The lowest BCUT2D eigenvalue weighted by atomic mass is 10.2. The maximum atomic E-state index is 5.35. The van der Waals surface area contributed by atoms with Gasteiger partial charge in [-0.1, -0.05) is 13.8 Å². The normalized spacial score (nSPS) is 12.4. The van der Waals surface area contributed by atoms with E-state index in [1.807, 2.05) is 11.3 Å². The number of nitrogens with one attached hydrogen (secondary N) is 1. The second-order valence-electron chi connectivity index (χ2n) is 3.18. The van der Waals surface area contributed by atoms with Crippen molar-refractivity contribution in [2.24, 2.45) is 0 Å². The fourth-order valence-electron chi connectivity index (χ4n) is 1.41. The van der Waals surface area contributed by atoms with E-state index in [1.54, 1.807) is 0 Å². The zero-order valence-corrected chi connectivity index (χ0v) is 9.66. The molecule has 1 N–H and O–H groups in total. The van der Waals surface area contributed by atoms with Crippen LogP contribution in [0, 0.1) is 12.3 Å². The highest BCUT2D eigenvalue weighted by molar-refractivity contribution is 7.12. The van der Waals surface area contributed by atoms with E-state index in [1.165, 1.54) is 9.75 Å². The van der Waals surface area contributed by atoms with E-state index >= 15 is 0 Å². The molecule has 0 saturated carbocycles. The van der Waals surface area contributed by atoms with Gasteiger partial charge in [-0.3, -0.25) is 0 Å². The van der Waals surface area contributed by atoms with Crippen molar-refractivity contribution in [2.45, 2.75) is 32.7 Å². The number of aryl methyl sites for hydroxylation is 1. The lowest BCUT2D eigenvalue weighted by Crippen LogP contribution is -2.19. The van der Waals surface area contributed by atoms with Gasteiger partial charge in [-0.05, 0) is 25.1 Å². The first kappa shape index (κ1) is 11.3. The Morgan fingerprint density at radius 3 is 2.79 bits per heavy atom. The van der Waals surface area contributed by atoms with Crippen LogP contribution < -0.4 is 5.32 Å². The summed E-state index contributed by atoms with van der Waals surface area (Å²) in [6.45, 7) is 5.25. The molecule has 0 aliphatic carbocycles. The molecule has 0 spiro atoms. The van der Waals surface area contributed by atoms with E-state index in [0.717, 1.165) is 19.4 Å². The molecular formula is C12H17NS. The van der Waals surface area contributed by atoms with Gasteiger partial charge in [0.2, 0.25) is 0 Å². The molecule has 1 atom stereocenters. The van der Waals surface area contributed by atoms with Gasteiger partial charge < -0.3 is 5.32 Å². The highest BCUT2D eigenvalue weighted by atomic mass is 32.1. The van der Waals surface area contributed by atoms with E-state index in [2.05, 4.69) is 37.2 Å². The Hall–Kier alpha value is -0.780. The number of thiophene rings is 1. The molecule has 14 heavy (non-hydrogen) atoms. The predicted molar refractivity (Wildman–Crippen MR) is 63.6 cm³/mol. The van der Waals surface area contributed by atoms with Gasteiger partial charge in [0, 0.05) is 16.2 Å². The van der Waals surface area contributed by atoms with E-state index < -0.39 is 0 Å². The molecule has 1 unspecified atom stereocenters. The van der Waals surface area contributed by atoms with Crippen molar-refractivity contribution in [1.29, 1.82) is 0 Å². The summed E-state index contributed by atoms with van der Waals surface area (Å²) in [6, 6.07) is 4.73. The number of hydrogen-bond acceptors (Lipinski definition) is 2. The third-order valence-corrected chi connectivity index (χ3v) is 3.49. The fourth-order valence-corrected chi connectivity index (χ4v) is 2.44. The Kier molecular flexibility index (Phi) is 4.72. The molecule has 0 fully saturated rings. The second-order valence-corrected chi connectivity index (χ2v) is 4.38. The van der Waals surface area contributed by atoms with Gasteiger partial charge in [-0.25, -0.2) is 0 Å².